The fourth-order valence-electron chi connectivity index (χ4n) is 3.14. The molecule has 0 aliphatic carbocycles. The van der Waals surface area contributed by atoms with Gasteiger partial charge in [0.25, 0.3) is 0 Å². The predicted molar refractivity (Wildman–Crippen MR) is 114 cm³/mol. The van der Waals surface area contributed by atoms with Gasteiger partial charge in [-0.25, -0.2) is 0 Å². The van der Waals surface area contributed by atoms with Gasteiger partial charge in [-0.2, -0.15) is 0 Å². The lowest BCUT2D eigenvalue weighted by atomic mass is 10.4. The zero-order chi connectivity index (χ0) is 19.0. The Morgan fingerprint density at radius 2 is 1.19 bits per heavy atom. The first kappa shape index (κ1) is 18.9. The SMILES string of the molecule is CCOC([O-])=C/C=C/[P+](c1ccccc1)(c1ccccc1)c1ccccc1. The van der Waals surface area contributed by atoms with E-state index in [0.717, 1.165) is 0 Å². The largest absolute Gasteiger partial charge is 0.614 e. The van der Waals surface area contributed by atoms with Gasteiger partial charge in [0.15, 0.2) is 0 Å². The van der Waals surface area contributed by atoms with Crippen molar-refractivity contribution < 1.29 is 9.84 Å². The van der Waals surface area contributed by atoms with Crippen LogP contribution in [0.3, 0.4) is 0 Å². The zero-order valence-electron chi connectivity index (χ0n) is 15.4. The van der Waals surface area contributed by atoms with E-state index in [0.29, 0.717) is 6.61 Å². The third-order valence-electron chi connectivity index (χ3n) is 4.32. The molecule has 0 saturated heterocycles. The van der Waals surface area contributed by atoms with E-state index >= 15 is 0 Å². The van der Waals surface area contributed by atoms with Crippen LogP contribution in [-0.2, 0) is 4.74 Å². The average molecular weight is 374 g/mol. The summed E-state index contributed by atoms with van der Waals surface area (Å²) in [5.74, 6) is 1.87. The molecule has 3 rings (SSSR count). The Morgan fingerprint density at radius 3 is 1.56 bits per heavy atom. The summed E-state index contributed by atoms with van der Waals surface area (Å²) < 4.78 is 5.04. The number of hydrogen-bond acceptors (Lipinski definition) is 2. The van der Waals surface area contributed by atoms with Crippen LogP contribution in [0, 0.1) is 0 Å². The minimum atomic E-state index is -2.05. The fourth-order valence-corrected chi connectivity index (χ4v) is 6.82. The summed E-state index contributed by atoms with van der Waals surface area (Å²) in [7, 11) is -2.05. The van der Waals surface area contributed by atoms with Gasteiger partial charge in [-0.3, -0.25) is 0 Å². The van der Waals surface area contributed by atoms with Gasteiger partial charge in [0.1, 0.15) is 23.2 Å². The first-order valence-corrected chi connectivity index (χ1v) is 10.9. The standard InChI is InChI=1S/C24H23O2P/c1-2-26-24(25)19-12-20-27(21-13-6-3-7-14-21,22-15-8-4-9-16-22)23-17-10-5-11-18-23/h3-20H,2H2,1H3/b20-12+,24-19?. The molecule has 27 heavy (non-hydrogen) atoms. The Kier molecular flexibility index (Phi) is 6.46. The highest BCUT2D eigenvalue weighted by atomic mass is 31.2. The van der Waals surface area contributed by atoms with E-state index in [1.165, 1.54) is 22.0 Å². The summed E-state index contributed by atoms with van der Waals surface area (Å²) in [6.07, 6.45) is 3.35. The van der Waals surface area contributed by atoms with Crippen LogP contribution in [0.4, 0.5) is 0 Å². The average Bonchev–Trinajstić information content (AvgIpc) is 2.73. The van der Waals surface area contributed by atoms with Crippen molar-refractivity contribution in [3.63, 3.8) is 0 Å². The first-order chi connectivity index (χ1) is 13.3. The van der Waals surface area contributed by atoms with E-state index in [4.69, 9.17) is 4.74 Å². The molecular weight excluding hydrogens is 351 g/mol. The molecule has 0 fully saturated rings. The van der Waals surface area contributed by atoms with Gasteiger partial charge >= 0.3 is 0 Å². The second kappa shape index (κ2) is 9.21. The van der Waals surface area contributed by atoms with Gasteiger partial charge < -0.3 is 9.84 Å². The van der Waals surface area contributed by atoms with Crippen LogP contribution in [0.25, 0.3) is 0 Å². The molecule has 0 radical (unpaired) electrons. The topological polar surface area (TPSA) is 32.3 Å². The summed E-state index contributed by atoms with van der Waals surface area (Å²) in [4.78, 5) is 0. The molecule has 0 atom stereocenters. The van der Waals surface area contributed by atoms with Crippen molar-refractivity contribution >= 4 is 23.2 Å². The molecule has 0 N–H and O–H groups in total. The van der Waals surface area contributed by atoms with Crippen LogP contribution in [-0.4, -0.2) is 6.61 Å². The number of allylic oxidation sites excluding steroid dienone is 2. The zero-order valence-corrected chi connectivity index (χ0v) is 16.3. The van der Waals surface area contributed by atoms with Crippen molar-refractivity contribution in [2.75, 3.05) is 6.61 Å². The highest BCUT2D eigenvalue weighted by Crippen LogP contribution is 2.56. The molecule has 0 aliphatic rings. The van der Waals surface area contributed by atoms with Crippen LogP contribution in [0.2, 0.25) is 0 Å². The van der Waals surface area contributed by atoms with Crippen molar-refractivity contribution in [1.82, 2.24) is 0 Å². The van der Waals surface area contributed by atoms with E-state index < -0.39 is 7.26 Å². The van der Waals surface area contributed by atoms with Crippen molar-refractivity contribution in [3.05, 3.63) is 115 Å². The molecule has 0 aromatic heterocycles. The maximum absolute atomic E-state index is 11.8. The van der Waals surface area contributed by atoms with Crippen LogP contribution in [0.1, 0.15) is 6.92 Å². The summed E-state index contributed by atoms with van der Waals surface area (Å²) in [5.41, 5.74) is 0. The Labute approximate surface area is 161 Å². The molecule has 0 unspecified atom stereocenters. The molecular formula is C24H23O2P. The van der Waals surface area contributed by atoms with Crippen molar-refractivity contribution in [2.24, 2.45) is 0 Å². The molecule has 0 spiro atoms. The Balaban J connectivity index is 2.23. The van der Waals surface area contributed by atoms with E-state index in [9.17, 15) is 5.11 Å². The van der Waals surface area contributed by atoms with E-state index in [1.54, 1.807) is 0 Å². The molecule has 3 aromatic rings. The van der Waals surface area contributed by atoms with Crippen molar-refractivity contribution in [3.8, 4) is 0 Å². The van der Waals surface area contributed by atoms with Crippen molar-refractivity contribution in [1.29, 1.82) is 0 Å². The van der Waals surface area contributed by atoms with E-state index in [1.807, 2.05) is 31.2 Å². The van der Waals surface area contributed by atoms with Gasteiger partial charge in [0.2, 0.25) is 0 Å². The van der Waals surface area contributed by atoms with Crippen LogP contribution >= 0.6 is 7.26 Å². The lowest BCUT2D eigenvalue weighted by Gasteiger charge is -2.24. The molecule has 0 bridgehead atoms. The second-order valence-corrected chi connectivity index (χ2v) is 9.28. The first-order valence-electron chi connectivity index (χ1n) is 9.02. The number of benzene rings is 3. The minimum Gasteiger partial charge on any atom is -0.614 e. The summed E-state index contributed by atoms with van der Waals surface area (Å²) in [6.45, 7) is 2.18. The van der Waals surface area contributed by atoms with Crippen LogP contribution < -0.4 is 21.0 Å². The smallest absolute Gasteiger partial charge is 0.136 e. The molecule has 136 valence electrons. The highest BCUT2D eigenvalue weighted by Gasteiger charge is 2.42. The Hall–Kier alpha value is -2.83. The van der Waals surface area contributed by atoms with Gasteiger partial charge in [0, 0.05) is 0 Å². The molecule has 3 aromatic carbocycles. The normalized spacial score (nSPS) is 12.3. The quantitative estimate of drug-likeness (QED) is 0.359. The van der Waals surface area contributed by atoms with Crippen LogP contribution in [0.15, 0.2) is 115 Å². The predicted octanol–water partition coefficient (Wildman–Crippen LogP) is 3.73. The summed E-state index contributed by atoms with van der Waals surface area (Å²) in [5, 5.41) is 15.6. The Morgan fingerprint density at radius 1 is 0.778 bits per heavy atom. The van der Waals surface area contributed by atoms with Gasteiger partial charge in [-0.15, -0.1) is 0 Å². The number of ether oxygens (including phenoxy) is 1. The maximum atomic E-state index is 11.8. The summed E-state index contributed by atoms with van der Waals surface area (Å²) in [6, 6.07) is 31.5. The minimum absolute atomic E-state index is 0.318. The lowest BCUT2D eigenvalue weighted by Crippen LogP contribution is -2.29. The number of rotatable bonds is 7. The van der Waals surface area contributed by atoms with Gasteiger partial charge in [0.05, 0.1) is 11.8 Å². The van der Waals surface area contributed by atoms with Gasteiger partial charge in [-0.1, -0.05) is 61.5 Å². The summed E-state index contributed by atoms with van der Waals surface area (Å²) >= 11 is 0. The Bertz CT molecular complexity index is 791. The fraction of sp³-hybridized carbons (Fsp3) is 0.0833. The van der Waals surface area contributed by atoms with Crippen molar-refractivity contribution in [2.45, 2.75) is 6.92 Å². The monoisotopic (exact) mass is 374 g/mol. The highest BCUT2D eigenvalue weighted by molar-refractivity contribution is 7.98. The van der Waals surface area contributed by atoms with Crippen LogP contribution in [0.5, 0.6) is 0 Å². The molecule has 0 amide bonds. The molecule has 0 heterocycles. The van der Waals surface area contributed by atoms with E-state index in [2.05, 4.69) is 78.6 Å². The lowest BCUT2D eigenvalue weighted by molar-refractivity contribution is -0.356. The number of hydrogen-bond donors (Lipinski definition) is 0. The second-order valence-electron chi connectivity index (χ2n) is 5.99. The van der Waals surface area contributed by atoms with E-state index in [-0.39, 0.29) is 5.95 Å². The molecule has 0 saturated carbocycles. The third kappa shape index (κ3) is 4.30. The molecule has 3 heteroatoms. The maximum Gasteiger partial charge on any atom is 0.136 e. The molecule has 0 aliphatic heterocycles. The van der Waals surface area contributed by atoms with Gasteiger partial charge in [-0.05, 0) is 55.2 Å². The molecule has 2 nitrogen and oxygen atoms in total. The third-order valence-corrected chi connectivity index (χ3v) is 8.28.